The number of carbonyl (C=O) groups is 1. The average molecular weight is 401 g/mol. The van der Waals surface area contributed by atoms with E-state index in [1.54, 1.807) is 6.07 Å². The van der Waals surface area contributed by atoms with Gasteiger partial charge in [-0.2, -0.15) is 0 Å². The lowest BCUT2D eigenvalue weighted by molar-refractivity contribution is -0.169. The normalized spacial score (nSPS) is 19.3. The van der Waals surface area contributed by atoms with Crippen LogP contribution in [0.15, 0.2) is 11.2 Å². The quantitative estimate of drug-likeness (QED) is 0.446. The summed E-state index contributed by atoms with van der Waals surface area (Å²) in [6, 6.07) is 1.76. The molecule has 9 heteroatoms. The van der Waals surface area contributed by atoms with Crippen LogP contribution in [0.25, 0.3) is 0 Å². The van der Waals surface area contributed by atoms with E-state index in [4.69, 9.17) is 21.1 Å². The number of halogens is 1. The topological polar surface area (TPSA) is 76.6 Å². The molecular weight excluding hydrogens is 376 g/mol. The Kier molecular flexibility index (Phi) is 6.60. The van der Waals surface area contributed by atoms with Gasteiger partial charge in [-0.1, -0.05) is 37.2 Å². The van der Waals surface area contributed by atoms with E-state index in [1.165, 1.54) is 11.8 Å². The Labute approximate surface area is 163 Å². The number of rotatable bonds is 6. The minimum atomic E-state index is -0.417. The second-order valence-electron chi connectivity index (χ2n) is 6.91. The van der Waals surface area contributed by atoms with Crippen molar-refractivity contribution in [3.05, 3.63) is 11.2 Å². The minimum Gasteiger partial charge on any atom is -0.356 e. The Morgan fingerprint density at radius 3 is 2.69 bits per heavy atom. The van der Waals surface area contributed by atoms with Crippen LogP contribution in [0.5, 0.6) is 0 Å². The van der Waals surface area contributed by atoms with Crippen LogP contribution in [0.1, 0.15) is 26.7 Å². The molecule has 2 saturated heterocycles. The van der Waals surface area contributed by atoms with E-state index < -0.39 is 5.79 Å². The first kappa shape index (κ1) is 19.7. The highest BCUT2D eigenvalue weighted by atomic mass is 35.5. The summed E-state index contributed by atoms with van der Waals surface area (Å²) in [6.07, 6.45) is 1.60. The summed E-state index contributed by atoms with van der Waals surface area (Å²) in [6.45, 7) is 7.69. The number of hydrogen-bond donors (Lipinski definition) is 1. The van der Waals surface area contributed by atoms with Crippen molar-refractivity contribution in [2.75, 3.05) is 43.5 Å². The molecule has 1 spiro atoms. The predicted octanol–water partition coefficient (Wildman–Crippen LogP) is 2.34. The standard InChI is InChI=1S/C17H25ClN4O3S/c1-12(2)10-19-15(23)11-26-16-20-13(18)9-14(21-16)22-5-3-17(4-6-22)24-7-8-25-17/h9,12H,3-8,10-11H2,1-2H3,(H,19,23). The van der Waals surface area contributed by atoms with Crippen molar-refractivity contribution in [2.24, 2.45) is 5.92 Å². The number of anilines is 1. The van der Waals surface area contributed by atoms with E-state index in [0.717, 1.165) is 31.7 Å². The summed E-state index contributed by atoms with van der Waals surface area (Å²) < 4.78 is 11.5. The molecule has 2 aliphatic rings. The zero-order chi connectivity index (χ0) is 18.6. The number of nitrogens with one attached hydrogen (secondary N) is 1. The summed E-state index contributed by atoms with van der Waals surface area (Å²) in [7, 11) is 0. The molecule has 1 aromatic heterocycles. The summed E-state index contributed by atoms with van der Waals surface area (Å²) in [4.78, 5) is 22.8. The maximum Gasteiger partial charge on any atom is 0.230 e. The molecule has 7 nitrogen and oxygen atoms in total. The summed E-state index contributed by atoms with van der Waals surface area (Å²) in [5, 5.41) is 3.78. The molecule has 144 valence electrons. The molecule has 0 atom stereocenters. The Balaban J connectivity index is 1.56. The Bertz CT molecular complexity index is 630. The van der Waals surface area contributed by atoms with E-state index >= 15 is 0 Å². The van der Waals surface area contributed by atoms with Crippen molar-refractivity contribution in [1.29, 1.82) is 0 Å². The first-order chi connectivity index (χ1) is 12.5. The van der Waals surface area contributed by atoms with Gasteiger partial charge in [-0.25, -0.2) is 9.97 Å². The van der Waals surface area contributed by atoms with E-state index in [2.05, 4.69) is 34.0 Å². The van der Waals surface area contributed by atoms with Crippen LogP contribution in [0, 0.1) is 5.92 Å². The maximum absolute atomic E-state index is 11.9. The number of carbonyl (C=O) groups excluding carboxylic acids is 1. The lowest BCUT2D eigenvalue weighted by Gasteiger charge is -2.38. The highest BCUT2D eigenvalue weighted by Gasteiger charge is 2.40. The van der Waals surface area contributed by atoms with E-state index in [9.17, 15) is 4.79 Å². The molecule has 2 aliphatic heterocycles. The molecular formula is C17H25ClN4O3S. The van der Waals surface area contributed by atoms with Crippen LogP contribution < -0.4 is 10.2 Å². The second-order valence-corrected chi connectivity index (χ2v) is 8.24. The van der Waals surface area contributed by atoms with E-state index in [-0.39, 0.29) is 11.7 Å². The largest absolute Gasteiger partial charge is 0.356 e. The first-order valence-corrected chi connectivity index (χ1v) is 10.3. The molecule has 0 radical (unpaired) electrons. The molecule has 0 saturated carbocycles. The number of ether oxygens (including phenoxy) is 2. The summed E-state index contributed by atoms with van der Waals surface area (Å²) in [5.74, 6) is 1.04. The van der Waals surface area contributed by atoms with Crippen LogP contribution in [0.3, 0.4) is 0 Å². The third-order valence-electron chi connectivity index (χ3n) is 4.36. The fraction of sp³-hybridized carbons (Fsp3) is 0.706. The van der Waals surface area contributed by atoms with Crippen molar-refractivity contribution < 1.29 is 14.3 Å². The third-order valence-corrected chi connectivity index (χ3v) is 5.40. The Morgan fingerprint density at radius 2 is 2.04 bits per heavy atom. The monoisotopic (exact) mass is 400 g/mol. The zero-order valence-electron chi connectivity index (χ0n) is 15.2. The van der Waals surface area contributed by atoms with Crippen LogP contribution in [0.2, 0.25) is 5.15 Å². The van der Waals surface area contributed by atoms with Gasteiger partial charge in [-0.15, -0.1) is 0 Å². The second kappa shape index (κ2) is 8.73. The van der Waals surface area contributed by atoms with Crippen molar-refractivity contribution in [2.45, 2.75) is 37.6 Å². The van der Waals surface area contributed by atoms with Gasteiger partial charge in [-0.05, 0) is 5.92 Å². The van der Waals surface area contributed by atoms with Crippen molar-refractivity contribution in [1.82, 2.24) is 15.3 Å². The molecule has 0 unspecified atom stereocenters. The number of piperidine rings is 1. The van der Waals surface area contributed by atoms with Gasteiger partial charge in [0.1, 0.15) is 11.0 Å². The smallest absolute Gasteiger partial charge is 0.230 e. The molecule has 1 amide bonds. The first-order valence-electron chi connectivity index (χ1n) is 8.93. The SMILES string of the molecule is CC(C)CNC(=O)CSc1nc(Cl)cc(N2CCC3(CC2)OCCO3)n1. The molecule has 1 N–H and O–H groups in total. The fourth-order valence-electron chi connectivity index (χ4n) is 2.97. The molecule has 1 aromatic rings. The van der Waals surface area contributed by atoms with Crippen LogP contribution in [-0.4, -0.2) is 60.3 Å². The molecule has 3 heterocycles. The molecule has 3 rings (SSSR count). The van der Waals surface area contributed by atoms with E-state index in [1.807, 2.05) is 0 Å². The maximum atomic E-state index is 11.9. The van der Waals surface area contributed by atoms with Crippen molar-refractivity contribution in [3.63, 3.8) is 0 Å². The van der Waals surface area contributed by atoms with Gasteiger partial charge in [0, 0.05) is 38.5 Å². The number of nitrogens with zero attached hydrogens (tertiary/aromatic N) is 3. The number of amides is 1. The van der Waals surface area contributed by atoms with Crippen molar-refractivity contribution >= 4 is 35.1 Å². The minimum absolute atomic E-state index is 0.0238. The Hall–Kier alpha value is -1.09. The van der Waals surface area contributed by atoms with Crippen molar-refractivity contribution in [3.8, 4) is 0 Å². The van der Waals surface area contributed by atoms with Gasteiger partial charge in [-0.3, -0.25) is 4.79 Å². The number of thioether (sulfide) groups is 1. The third kappa shape index (κ3) is 5.22. The summed E-state index contributed by atoms with van der Waals surface area (Å²) >= 11 is 7.46. The van der Waals surface area contributed by atoms with Gasteiger partial charge in [0.05, 0.1) is 19.0 Å². The zero-order valence-corrected chi connectivity index (χ0v) is 16.7. The van der Waals surface area contributed by atoms with Gasteiger partial charge >= 0.3 is 0 Å². The molecule has 0 aromatic carbocycles. The lowest BCUT2D eigenvalue weighted by Crippen LogP contribution is -2.45. The van der Waals surface area contributed by atoms with Gasteiger partial charge in [0.2, 0.25) is 5.91 Å². The summed E-state index contributed by atoms with van der Waals surface area (Å²) in [5.41, 5.74) is 0. The average Bonchev–Trinajstić information content (AvgIpc) is 3.06. The highest BCUT2D eigenvalue weighted by Crippen LogP contribution is 2.33. The van der Waals surface area contributed by atoms with Crippen LogP contribution in [0.4, 0.5) is 5.82 Å². The molecule has 0 bridgehead atoms. The molecule has 26 heavy (non-hydrogen) atoms. The predicted molar refractivity (Wildman–Crippen MR) is 102 cm³/mol. The Morgan fingerprint density at radius 1 is 1.35 bits per heavy atom. The number of aromatic nitrogens is 2. The molecule has 0 aliphatic carbocycles. The van der Waals surface area contributed by atoms with Gasteiger partial charge in [0.25, 0.3) is 0 Å². The van der Waals surface area contributed by atoms with Crippen LogP contribution in [-0.2, 0) is 14.3 Å². The fourth-order valence-corrected chi connectivity index (χ4v) is 3.88. The molecule has 2 fully saturated rings. The lowest BCUT2D eigenvalue weighted by atomic mass is 10.0. The highest BCUT2D eigenvalue weighted by molar-refractivity contribution is 7.99. The van der Waals surface area contributed by atoms with Gasteiger partial charge < -0.3 is 19.7 Å². The van der Waals surface area contributed by atoms with Gasteiger partial charge in [0.15, 0.2) is 10.9 Å². The van der Waals surface area contributed by atoms with Crippen LogP contribution >= 0.6 is 23.4 Å². The van der Waals surface area contributed by atoms with E-state index in [0.29, 0.717) is 36.0 Å². The number of hydrogen-bond acceptors (Lipinski definition) is 7.